The summed E-state index contributed by atoms with van der Waals surface area (Å²) in [5.74, 6) is -0.284. The molecule has 1 N–H and O–H groups in total. The van der Waals surface area contributed by atoms with Crippen LogP contribution in [0, 0.1) is 11.8 Å². The maximum atomic E-state index is 12.1. The fraction of sp³-hybridized carbons (Fsp3) is 0.474. The molecule has 2 aromatic rings. The van der Waals surface area contributed by atoms with Crippen LogP contribution in [0.25, 0.3) is 16.7 Å². The predicted octanol–water partition coefficient (Wildman–Crippen LogP) is 8.83. The second-order valence-corrected chi connectivity index (χ2v) is 12.0. The summed E-state index contributed by atoms with van der Waals surface area (Å²) in [6.45, 7) is 12.9. The lowest BCUT2D eigenvalue weighted by molar-refractivity contribution is -0.144. The van der Waals surface area contributed by atoms with Crippen LogP contribution in [0.1, 0.15) is 95.6 Å². The van der Waals surface area contributed by atoms with Crippen molar-refractivity contribution in [3.63, 3.8) is 0 Å². The third-order valence-corrected chi connectivity index (χ3v) is 8.55. The summed E-state index contributed by atoms with van der Waals surface area (Å²) in [7, 11) is 0. The summed E-state index contributed by atoms with van der Waals surface area (Å²) in [6.07, 6.45) is 13.1. The molecule has 0 heterocycles. The number of carbonyl (C=O) groups is 2. The van der Waals surface area contributed by atoms with E-state index in [2.05, 4.69) is 81.6 Å². The molecule has 0 spiro atoms. The van der Waals surface area contributed by atoms with Gasteiger partial charge in [-0.05, 0) is 78.7 Å². The lowest BCUT2D eigenvalue weighted by atomic mass is 9.83. The summed E-state index contributed by atoms with van der Waals surface area (Å²) in [5.41, 5.74) is 6.68. The van der Waals surface area contributed by atoms with E-state index in [1.807, 2.05) is 0 Å². The fourth-order valence-corrected chi connectivity index (χ4v) is 5.72. The largest absolute Gasteiger partial charge is 0.462 e. The number of aliphatic hydroxyl groups is 1. The molecule has 5 heteroatoms. The van der Waals surface area contributed by atoms with Crippen LogP contribution in [-0.2, 0) is 19.1 Å². The molecule has 2 aromatic carbocycles. The molecular formula is C38H50O5. The number of aliphatic hydroxyl groups excluding tert-OH is 1. The van der Waals surface area contributed by atoms with Gasteiger partial charge in [0.05, 0.1) is 25.4 Å². The van der Waals surface area contributed by atoms with Crippen LogP contribution in [0.3, 0.4) is 0 Å². The van der Waals surface area contributed by atoms with Gasteiger partial charge in [0.15, 0.2) is 0 Å². The van der Waals surface area contributed by atoms with Gasteiger partial charge in [-0.25, -0.2) is 9.59 Å². The second kappa shape index (κ2) is 17.6. The highest BCUT2D eigenvalue weighted by Crippen LogP contribution is 2.34. The number of carbonyl (C=O) groups excluding carboxylic acids is 2. The van der Waals surface area contributed by atoms with E-state index < -0.39 is 18.5 Å². The number of rotatable bonds is 17. The Hall–Kier alpha value is -3.44. The first kappa shape index (κ1) is 34.1. The molecule has 43 heavy (non-hydrogen) atoms. The molecule has 0 saturated heterocycles. The van der Waals surface area contributed by atoms with E-state index >= 15 is 0 Å². The lowest BCUT2D eigenvalue weighted by Crippen LogP contribution is -2.24. The van der Waals surface area contributed by atoms with Crippen molar-refractivity contribution in [3.05, 3.63) is 90.0 Å². The first-order valence-electron chi connectivity index (χ1n) is 15.9. The van der Waals surface area contributed by atoms with Gasteiger partial charge in [0.2, 0.25) is 0 Å². The van der Waals surface area contributed by atoms with Crippen molar-refractivity contribution in [1.82, 2.24) is 0 Å². The van der Waals surface area contributed by atoms with E-state index in [-0.39, 0.29) is 30.6 Å². The SMILES string of the molecule is C=C(C)C(=O)OCC(COC(=O)C(=C)CO)CC(CC)c1ccc(-c2ccc(C3=CCC(CCCCC)CC3)cc2)cc1. The van der Waals surface area contributed by atoms with Crippen LogP contribution < -0.4 is 0 Å². The fourth-order valence-electron chi connectivity index (χ4n) is 5.72. The van der Waals surface area contributed by atoms with Gasteiger partial charge in [0.25, 0.3) is 0 Å². The van der Waals surface area contributed by atoms with Crippen LogP contribution in [-0.4, -0.2) is 36.9 Å². The second-order valence-electron chi connectivity index (χ2n) is 12.0. The average molecular weight is 587 g/mol. The monoisotopic (exact) mass is 586 g/mol. The number of unbranched alkanes of at least 4 members (excludes halogenated alkanes) is 2. The Kier molecular flexibility index (Phi) is 14.0. The molecule has 0 aromatic heterocycles. The summed E-state index contributed by atoms with van der Waals surface area (Å²) >= 11 is 0. The van der Waals surface area contributed by atoms with Gasteiger partial charge in [-0.2, -0.15) is 0 Å². The number of ether oxygens (including phenoxy) is 2. The number of esters is 2. The van der Waals surface area contributed by atoms with Crippen molar-refractivity contribution < 1.29 is 24.2 Å². The van der Waals surface area contributed by atoms with Crippen molar-refractivity contribution in [2.24, 2.45) is 11.8 Å². The number of hydrogen-bond acceptors (Lipinski definition) is 5. The van der Waals surface area contributed by atoms with Gasteiger partial charge < -0.3 is 14.6 Å². The first-order chi connectivity index (χ1) is 20.7. The Morgan fingerprint density at radius 2 is 1.51 bits per heavy atom. The van der Waals surface area contributed by atoms with E-state index in [1.54, 1.807) is 6.92 Å². The zero-order chi connectivity index (χ0) is 31.2. The highest BCUT2D eigenvalue weighted by molar-refractivity contribution is 5.88. The van der Waals surface area contributed by atoms with Crippen LogP contribution in [0.5, 0.6) is 0 Å². The third-order valence-electron chi connectivity index (χ3n) is 8.55. The minimum absolute atomic E-state index is 0.00439. The molecule has 0 saturated carbocycles. The van der Waals surface area contributed by atoms with Gasteiger partial charge in [0, 0.05) is 11.5 Å². The summed E-state index contributed by atoms with van der Waals surface area (Å²) in [4.78, 5) is 24.1. The van der Waals surface area contributed by atoms with E-state index in [0.29, 0.717) is 12.0 Å². The van der Waals surface area contributed by atoms with Crippen LogP contribution in [0.2, 0.25) is 0 Å². The van der Waals surface area contributed by atoms with E-state index in [4.69, 9.17) is 9.47 Å². The zero-order valence-corrected chi connectivity index (χ0v) is 26.4. The molecule has 5 nitrogen and oxygen atoms in total. The van der Waals surface area contributed by atoms with Crippen LogP contribution in [0.4, 0.5) is 0 Å². The van der Waals surface area contributed by atoms with E-state index in [0.717, 1.165) is 12.3 Å². The molecule has 0 amide bonds. The Labute approximate surface area is 258 Å². The summed E-state index contributed by atoms with van der Waals surface area (Å²) < 4.78 is 10.8. The Bertz CT molecular complexity index is 1240. The number of allylic oxidation sites excluding steroid dienone is 2. The van der Waals surface area contributed by atoms with Gasteiger partial charge in [-0.15, -0.1) is 0 Å². The molecule has 3 rings (SSSR count). The molecule has 3 unspecified atom stereocenters. The predicted molar refractivity (Wildman–Crippen MR) is 175 cm³/mol. The Morgan fingerprint density at radius 1 is 0.907 bits per heavy atom. The Morgan fingerprint density at radius 3 is 2.05 bits per heavy atom. The molecule has 0 bridgehead atoms. The highest BCUT2D eigenvalue weighted by Gasteiger charge is 2.22. The molecule has 232 valence electrons. The quantitative estimate of drug-likeness (QED) is 0.114. The first-order valence-corrected chi connectivity index (χ1v) is 15.9. The average Bonchev–Trinajstić information content (AvgIpc) is 3.04. The van der Waals surface area contributed by atoms with Crippen LogP contribution in [0.15, 0.2) is 78.9 Å². The normalized spacial score (nSPS) is 16.1. The summed E-state index contributed by atoms with van der Waals surface area (Å²) in [5, 5.41) is 9.17. The molecule has 0 fully saturated rings. The number of benzene rings is 2. The van der Waals surface area contributed by atoms with E-state index in [1.165, 1.54) is 72.8 Å². The highest BCUT2D eigenvalue weighted by atomic mass is 16.5. The zero-order valence-electron chi connectivity index (χ0n) is 26.4. The maximum absolute atomic E-state index is 12.1. The smallest absolute Gasteiger partial charge is 0.335 e. The molecule has 0 aliphatic heterocycles. The lowest BCUT2D eigenvalue weighted by Gasteiger charge is -2.23. The van der Waals surface area contributed by atoms with Gasteiger partial charge >= 0.3 is 11.9 Å². The van der Waals surface area contributed by atoms with Gasteiger partial charge in [0.1, 0.15) is 0 Å². The molecule has 0 radical (unpaired) electrons. The third kappa shape index (κ3) is 10.7. The van der Waals surface area contributed by atoms with Crippen molar-refractivity contribution in [2.75, 3.05) is 19.8 Å². The Balaban J connectivity index is 1.64. The standard InChI is InChI=1S/C38H50O5/c1-6-8-9-10-29-11-13-33(14-12-29)34-19-21-36(22-20-34)35-17-15-32(16-18-35)31(7-2)23-30(25-42-37(40)27(3)4)26-43-38(41)28(5)24-39/h13,15-22,29-31,39H,3,5-12,14,23-26H2,1-2,4H3. The minimum Gasteiger partial charge on any atom is -0.462 e. The van der Waals surface area contributed by atoms with E-state index in [9.17, 15) is 14.7 Å². The van der Waals surface area contributed by atoms with Crippen molar-refractivity contribution in [3.8, 4) is 11.1 Å². The molecule has 1 aliphatic carbocycles. The van der Waals surface area contributed by atoms with Gasteiger partial charge in [-0.1, -0.05) is 107 Å². The van der Waals surface area contributed by atoms with Gasteiger partial charge in [-0.3, -0.25) is 0 Å². The minimum atomic E-state index is -0.645. The topological polar surface area (TPSA) is 72.8 Å². The van der Waals surface area contributed by atoms with Crippen molar-refractivity contribution in [1.29, 1.82) is 0 Å². The van der Waals surface area contributed by atoms with Crippen molar-refractivity contribution in [2.45, 2.75) is 84.5 Å². The van der Waals surface area contributed by atoms with Crippen molar-refractivity contribution >= 4 is 17.5 Å². The molecule has 1 aliphatic rings. The molecule has 3 atom stereocenters. The summed E-state index contributed by atoms with van der Waals surface area (Å²) in [6, 6.07) is 17.6. The van der Waals surface area contributed by atoms with Crippen LogP contribution >= 0.6 is 0 Å². The molecular weight excluding hydrogens is 536 g/mol. The number of hydrogen-bond donors (Lipinski definition) is 1. The maximum Gasteiger partial charge on any atom is 0.335 e.